The molecule has 2 heterocycles. The monoisotopic (exact) mass is 393 g/mol. The molecule has 4 aromatic rings. The van der Waals surface area contributed by atoms with Gasteiger partial charge in [0.2, 0.25) is 0 Å². The van der Waals surface area contributed by atoms with Crippen LogP contribution in [0.4, 0.5) is 21.6 Å². The number of anilines is 2. The second kappa shape index (κ2) is 7.89. The number of aromatic nitrogens is 4. The van der Waals surface area contributed by atoms with Crippen LogP contribution >= 0.6 is 0 Å². The van der Waals surface area contributed by atoms with Crippen molar-refractivity contribution in [2.24, 2.45) is 0 Å². The van der Waals surface area contributed by atoms with Gasteiger partial charge in [0.15, 0.2) is 5.65 Å². The molecular formula is C19H16FN7O2. The Bertz CT molecular complexity index is 1160. The molecule has 0 aliphatic rings. The fourth-order valence-electron chi connectivity index (χ4n) is 2.92. The van der Waals surface area contributed by atoms with Crippen LogP contribution in [0.1, 0.15) is 0 Å². The molecule has 0 fully saturated rings. The van der Waals surface area contributed by atoms with Crippen molar-refractivity contribution in [2.45, 2.75) is 0 Å². The highest BCUT2D eigenvalue weighted by atomic mass is 19.1. The molecule has 29 heavy (non-hydrogen) atoms. The minimum absolute atomic E-state index is 0.0255. The van der Waals surface area contributed by atoms with Gasteiger partial charge < -0.3 is 10.6 Å². The maximum Gasteiger partial charge on any atom is 0.292 e. The number of para-hydroxylation sites is 2. The maximum atomic E-state index is 13.2. The second-order valence-corrected chi connectivity index (χ2v) is 6.12. The molecule has 2 aromatic heterocycles. The highest BCUT2D eigenvalue weighted by Crippen LogP contribution is 2.23. The van der Waals surface area contributed by atoms with Crippen molar-refractivity contribution in [1.29, 1.82) is 0 Å². The van der Waals surface area contributed by atoms with Gasteiger partial charge in [0, 0.05) is 19.2 Å². The molecule has 0 aliphatic heterocycles. The van der Waals surface area contributed by atoms with Gasteiger partial charge in [0.05, 0.1) is 22.2 Å². The number of nitro benzene ring substituents is 1. The number of nitrogens with one attached hydrogen (secondary N) is 2. The van der Waals surface area contributed by atoms with Gasteiger partial charge in [-0.25, -0.2) is 19.0 Å². The molecule has 9 nitrogen and oxygen atoms in total. The lowest BCUT2D eigenvalue weighted by atomic mass is 10.2. The molecule has 146 valence electrons. The van der Waals surface area contributed by atoms with Crippen molar-refractivity contribution in [2.75, 3.05) is 23.7 Å². The molecule has 0 saturated carbocycles. The SMILES string of the molecule is O=[N+]([O-])c1ccccc1NCCNc1ncnc2c1cnn2-c1ccc(F)cc1. The Morgan fingerprint density at radius 3 is 2.59 bits per heavy atom. The number of nitrogens with zero attached hydrogens (tertiary/aromatic N) is 5. The van der Waals surface area contributed by atoms with Gasteiger partial charge in [-0.1, -0.05) is 12.1 Å². The first-order valence-electron chi connectivity index (χ1n) is 8.79. The molecule has 0 amide bonds. The lowest BCUT2D eigenvalue weighted by molar-refractivity contribution is -0.384. The summed E-state index contributed by atoms with van der Waals surface area (Å²) in [6.07, 6.45) is 3.05. The molecule has 0 aliphatic carbocycles. The Balaban J connectivity index is 1.47. The van der Waals surface area contributed by atoms with E-state index in [0.717, 1.165) is 0 Å². The van der Waals surface area contributed by atoms with Crippen LogP contribution in [0, 0.1) is 15.9 Å². The standard InChI is InChI=1S/C19H16FN7O2/c20-13-5-7-14(8-6-13)26-19-15(11-25-26)18(23-12-24-19)22-10-9-21-16-3-1-2-4-17(16)27(28)29/h1-8,11-12,21H,9-10H2,(H,22,23,24). The van der Waals surface area contributed by atoms with Crippen molar-refractivity contribution < 1.29 is 9.31 Å². The van der Waals surface area contributed by atoms with E-state index in [9.17, 15) is 14.5 Å². The molecule has 0 atom stereocenters. The lowest BCUT2D eigenvalue weighted by Gasteiger charge is -2.09. The molecule has 2 N–H and O–H groups in total. The van der Waals surface area contributed by atoms with Crippen LogP contribution in [0.5, 0.6) is 0 Å². The molecule has 4 rings (SSSR count). The average Bonchev–Trinajstić information content (AvgIpc) is 3.17. The van der Waals surface area contributed by atoms with Crippen molar-refractivity contribution in [3.05, 3.63) is 77.0 Å². The maximum absolute atomic E-state index is 13.2. The zero-order valence-electron chi connectivity index (χ0n) is 15.1. The third-order valence-corrected chi connectivity index (χ3v) is 4.27. The summed E-state index contributed by atoms with van der Waals surface area (Å²) in [4.78, 5) is 19.2. The first kappa shape index (κ1) is 18.3. The quantitative estimate of drug-likeness (QED) is 0.281. The van der Waals surface area contributed by atoms with Crippen molar-refractivity contribution in [1.82, 2.24) is 19.7 Å². The molecule has 0 unspecified atom stereocenters. The summed E-state index contributed by atoms with van der Waals surface area (Å²) in [6.45, 7) is 0.919. The fraction of sp³-hybridized carbons (Fsp3) is 0.105. The van der Waals surface area contributed by atoms with Crippen LogP contribution in [-0.4, -0.2) is 37.8 Å². The predicted octanol–water partition coefficient (Wildman–Crippen LogP) is 3.39. The summed E-state index contributed by atoms with van der Waals surface area (Å²) < 4.78 is 14.8. The van der Waals surface area contributed by atoms with Gasteiger partial charge in [-0.3, -0.25) is 10.1 Å². The summed E-state index contributed by atoms with van der Waals surface area (Å²) in [5, 5.41) is 22.3. The predicted molar refractivity (Wildman–Crippen MR) is 107 cm³/mol. The van der Waals surface area contributed by atoms with Gasteiger partial charge in [-0.15, -0.1) is 0 Å². The van der Waals surface area contributed by atoms with E-state index in [-0.39, 0.29) is 11.5 Å². The van der Waals surface area contributed by atoms with Crippen LogP contribution in [0.3, 0.4) is 0 Å². The highest BCUT2D eigenvalue weighted by Gasteiger charge is 2.13. The third-order valence-electron chi connectivity index (χ3n) is 4.27. The normalized spacial score (nSPS) is 10.8. The van der Waals surface area contributed by atoms with Crippen LogP contribution in [0.25, 0.3) is 16.7 Å². The molecule has 0 bridgehead atoms. The molecule has 0 radical (unpaired) electrons. The van der Waals surface area contributed by atoms with Gasteiger partial charge in [0.25, 0.3) is 5.69 Å². The Hall–Kier alpha value is -4.08. The van der Waals surface area contributed by atoms with Crippen LogP contribution in [-0.2, 0) is 0 Å². The topological polar surface area (TPSA) is 111 Å². The summed E-state index contributed by atoms with van der Waals surface area (Å²) >= 11 is 0. The molecule has 10 heteroatoms. The first-order valence-corrected chi connectivity index (χ1v) is 8.79. The number of fused-ring (bicyclic) bond motifs is 1. The fourth-order valence-corrected chi connectivity index (χ4v) is 2.92. The Kier molecular flexibility index (Phi) is 4.97. The van der Waals surface area contributed by atoms with E-state index in [4.69, 9.17) is 0 Å². The van der Waals surface area contributed by atoms with E-state index in [1.807, 2.05) is 0 Å². The minimum atomic E-state index is -0.423. The number of benzene rings is 2. The largest absolute Gasteiger partial charge is 0.378 e. The third kappa shape index (κ3) is 3.81. The van der Waals surface area contributed by atoms with Gasteiger partial charge in [-0.05, 0) is 30.3 Å². The van der Waals surface area contributed by atoms with Crippen LogP contribution in [0.2, 0.25) is 0 Å². The van der Waals surface area contributed by atoms with Crippen LogP contribution < -0.4 is 10.6 Å². The molecule has 2 aromatic carbocycles. The van der Waals surface area contributed by atoms with E-state index >= 15 is 0 Å². The van der Waals surface area contributed by atoms with Crippen molar-refractivity contribution in [3.8, 4) is 5.69 Å². The average molecular weight is 393 g/mol. The van der Waals surface area contributed by atoms with E-state index in [0.29, 0.717) is 41.3 Å². The summed E-state index contributed by atoms with van der Waals surface area (Å²) in [5.41, 5.74) is 1.75. The first-order chi connectivity index (χ1) is 14.1. The highest BCUT2D eigenvalue weighted by molar-refractivity contribution is 5.87. The molecule has 0 spiro atoms. The van der Waals surface area contributed by atoms with Crippen molar-refractivity contribution >= 4 is 28.2 Å². The molecule has 0 saturated heterocycles. The number of hydrogen-bond acceptors (Lipinski definition) is 7. The van der Waals surface area contributed by atoms with E-state index < -0.39 is 4.92 Å². The smallest absolute Gasteiger partial charge is 0.292 e. The lowest BCUT2D eigenvalue weighted by Crippen LogP contribution is -2.15. The minimum Gasteiger partial charge on any atom is -0.378 e. The van der Waals surface area contributed by atoms with Gasteiger partial charge >= 0.3 is 0 Å². The Morgan fingerprint density at radius 1 is 1.03 bits per heavy atom. The van der Waals surface area contributed by atoms with E-state index in [2.05, 4.69) is 25.7 Å². The van der Waals surface area contributed by atoms with E-state index in [1.54, 1.807) is 41.2 Å². The number of hydrogen-bond donors (Lipinski definition) is 2. The number of halogens is 1. The molecular weight excluding hydrogens is 377 g/mol. The zero-order chi connectivity index (χ0) is 20.2. The van der Waals surface area contributed by atoms with Crippen LogP contribution in [0.15, 0.2) is 61.1 Å². The second-order valence-electron chi connectivity index (χ2n) is 6.12. The summed E-state index contributed by atoms with van der Waals surface area (Å²) in [7, 11) is 0. The Morgan fingerprint density at radius 2 is 1.79 bits per heavy atom. The van der Waals surface area contributed by atoms with Crippen molar-refractivity contribution in [3.63, 3.8) is 0 Å². The summed E-state index contributed by atoms with van der Waals surface area (Å²) in [5.74, 6) is 0.265. The Labute approximate surface area is 164 Å². The van der Waals surface area contributed by atoms with Gasteiger partial charge in [0.1, 0.15) is 23.6 Å². The summed E-state index contributed by atoms with van der Waals surface area (Å²) in [6, 6.07) is 12.4. The van der Waals surface area contributed by atoms with E-state index in [1.165, 1.54) is 24.5 Å². The zero-order valence-corrected chi connectivity index (χ0v) is 15.1. The number of rotatable bonds is 7. The van der Waals surface area contributed by atoms with Gasteiger partial charge in [-0.2, -0.15) is 5.10 Å². The number of nitro groups is 1.